The van der Waals surface area contributed by atoms with E-state index in [1.54, 1.807) is 0 Å². The third-order valence-corrected chi connectivity index (χ3v) is 5.31. The number of amides is 1. The van der Waals surface area contributed by atoms with Gasteiger partial charge in [-0.25, -0.2) is 4.98 Å². The summed E-state index contributed by atoms with van der Waals surface area (Å²) in [5.41, 5.74) is 2.01. The molecule has 1 heterocycles. The maximum Gasteiger partial charge on any atom is 0.223 e. The standard InChI is InChI=1S/C22H24ClN3O2/c1-15(24-22(27)16-11-12-16)21-25-18-8-3-4-9-19(18)26(21)13-6-14-28-20-10-5-2-7-17(20)23/h2-5,7-10,15-16H,6,11-14H2,1H3,(H,24,27). The van der Waals surface area contributed by atoms with Crippen molar-refractivity contribution in [3.05, 3.63) is 59.4 Å². The van der Waals surface area contributed by atoms with E-state index in [2.05, 4.69) is 16.0 Å². The van der Waals surface area contributed by atoms with Gasteiger partial charge in [-0.3, -0.25) is 4.79 Å². The van der Waals surface area contributed by atoms with E-state index in [1.807, 2.05) is 49.4 Å². The van der Waals surface area contributed by atoms with E-state index in [9.17, 15) is 4.79 Å². The van der Waals surface area contributed by atoms with E-state index in [4.69, 9.17) is 21.3 Å². The zero-order chi connectivity index (χ0) is 19.5. The highest BCUT2D eigenvalue weighted by atomic mass is 35.5. The molecule has 0 saturated heterocycles. The zero-order valence-corrected chi connectivity index (χ0v) is 16.7. The number of hydrogen-bond acceptors (Lipinski definition) is 3. The van der Waals surface area contributed by atoms with Gasteiger partial charge in [0.2, 0.25) is 5.91 Å². The molecule has 1 atom stereocenters. The van der Waals surface area contributed by atoms with Gasteiger partial charge in [-0.15, -0.1) is 0 Å². The molecule has 28 heavy (non-hydrogen) atoms. The number of carbonyl (C=O) groups is 1. The number of para-hydroxylation sites is 3. The van der Waals surface area contributed by atoms with Crippen LogP contribution in [-0.2, 0) is 11.3 Å². The first-order valence-electron chi connectivity index (χ1n) is 9.76. The highest BCUT2D eigenvalue weighted by Crippen LogP contribution is 2.30. The van der Waals surface area contributed by atoms with E-state index in [0.29, 0.717) is 17.4 Å². The Morgan fingerprint density at radius 3 is 2.79 bits per heavy atom. The molecule has 1 N–H and O–H groups in total. The van der Waals surface area contributed by atoms with Crippen molar-refractivity contribution in [3.8, 4) is 5.75 Å². The number of hydrogen-bond donors (Lipinski definition) is 1. The van der Waals surface area contributed by atoms with E-state index in [-0.39, 0.29) is 17.9 Å². The number of nitrogens with one attached hydrogen (secondary N) is 1. The summed E-state index contributed by atoms with van der Waals surface area (Å²) in [7, 11) is 0. The van der Waals surface area contributed by atoms with Gasteiger partial charge in [-0.2, -0.15) is 0 Å². The minimum atomic E-state index is -0.134. The van der Waals surface area contributed by atoms with Crippen LogP contribution in [0.25, 0.3) is 11.0 Å². The zero-order valence-electron chi connectivity index (χ0n) is 15.9. The Kier molecular flexibility index (Phi) is 5.53. The number of benzene rings is 2. The summed E-state index contributed by atoms with van der Waals surface area (Å²) in [5, 5.41) is 3.73. The predicted octanol–water partition coefficient (Wildman–Crippen LogP) is 4.75. The summed E-state index contributed by atoms with van der Waals surface area (Å²) in [6.07, 6.45) is 2.80. The van der Waals surface area contributed by atoms with Crippen LogP contribution in [0.1, 0.15) is 38.1 Å². The smallest absolute Gasteiger partial charge is 0.223 e. The van der Waals surface area contributed by atoms with Crippen molar-refractivity contribution in [2.75, 3.05) is 6.61 Å². The van der Waals surface area contributed by atoms with Crippen LogP contribution in [0, 0.1) is 5.92 Å². The normalized spacial score (nSPS) is 14.8. The lowest BCUT2D eigenvalue weighted by atomic mass is 10.2. The average Bonchev–Trinajstić information content (AvgIpc) is 3.48. The second-order valence-electron chi connectivity index (χ2n) is 7.25. The maximum absolute atomic E-state index is 12.2. The molecule has 2 aromatic carbocycles. The highest BCUT2D eigenvalue weighted by Gasteiger charge is 2.31. The Morgan fingerprint density at radius 2 is 2.00 bits per heavy atom. The molecule has 0 aliphatic heterocycles. The van der Waals surface area contributed by atoms with Crippen LogP contribution >= 0.6 is 11.6 Å². The van der Waals surface area contributed by atoms with Crippen molar-refractivity contribution in [1.29, 1.82) is 0 Å². The first-order chi connectivity index (χ1) is 13.6. The van der Waals surface area contributed by atoms with E-state index in [1.165, 1.54) is 0 Å². The number of imidazole rings is 1. The summed E-state index contributed by atoms with van der Waals surface area (Å²) in [5.74, 6) is 1.90. The Morgan fingerprint density at radius 1 is 1.25 bits per heavy atom. The molecule has 1 aromatic heterocycles. The molecule has 5 nitrogen and oxygen atoms in total. The quantitative estimate of drug-likeness (QED) is 0.558. The summed E-state index contributed by atoms with van der Waals surface area (Å²) >= 11 is 6.15. The summed E-state index contributed by atoms with van der Waals surface area (Å²) in [4.78, 5) is 17.0. The van der Waals surface area contributed by atoms with Crippen molar-refractivity contribution >= 4 is 28.5 Å². The lowest BCUT2D eigenvalue weighted by Crippen LogP contribution is -2.30. The summed E-state index contributed by atoms with van der Waals surface area (Å²) < 4.78 is 8.00. The number of fused-ring (bicyclic) bond motifs is 1. The molecule has 1 unspecified atom stereocenters. The number of carbonyl (C=O) groups excluding carboxylic acids is 1. The van der Waals surface area contributed by atoms with Gasteiger partial charge in [0.1, 0.15) is 11.6 Å². The SMILES string of the molecule is CC(NC(=O)C1CC1)c1nc2ccccc2n1CCCOc1ccccc1Cl. The fourth-order valence-corrected chi connectivity index (χ4v) is 3.56. The Labute approximate surface area is 169 Å². The van der Waals surface area contributed by atoms with Crippen LogP contribution in [0.2, 0.25) is 5.02 Å². The third-order valence-electron chi connectivity index (χ3n) is 5.00. The first-order valence-corrected chi connectivity index (χ1v) is 10.1. The van der Waals surface area contributed by atoms with Crippen molar-refractivity contribution in [2.24, 2.45) is 5.92 Å². The van der Waals surface area contributed by atoms with Gasteiger partial charge in [0, 0.05) is 12.5 Å². The van der Waals surface area contributed by atoms with Gasteiger partial charge >= 0.3 is 0 Å². The largest absolute Gasteiger partial charge is 0.492 e. The van der Waals surface area contributed by atoms with Crippen molar-refractivity contribution in [3.63, 3.8) is 0 Å². The molecule has 146 valence electrons. The predicted molar refractivity (Wildman–Crippen MR) is 111 cm³/mol. The topological polar surface area (TPSA) is 56.2 Å². The number of ether oxygens (including phenoxy) is 1. The molecular weight excluding hydrogens is 374 g/mol. The fourth-order valence-electron chi connectivity index (χ4n) is 3.37. The number of aryl methyl sites for hydroxylation is 1. The molecule has 4 rings (SSSR count). The molecule has 1 saturated carbocycles. The fraction of sp³-hybridized carbons (Fsp3) is 0.364. The van der Waals surface area contributed by atoms with E-state index < -0.39 is 0 Å². The van der Waals surface area contributed by atoms with Crippen LogP contribution in [0.4, 0.5) is 0 Å². The Balaban J connectivity index is 1.46. The number of halogens is 1. The third kappa shape index (κ3) is 4.14. The highest BCUT2D eigenvalue weighted by molar-refractivity contribution is 6.32. The molecule has 0 bridgehead atoms. The van der Waals surface area contributed by atoms with Crippen LogP contribution in [0.5, 0.6) is 5.75 Å². The molecule has 1 amide bonds. The lowest BCUT2D eigenvalue weighted by molar-refractivity contribution is -0.123. The van der Waals surface area contributed by atoms with Gasteiger partial charge in [-0.1, -0.05) is 35.9 Å². The molecule has 1 aliphatic rings. The van der Waals surface area contributed by atoms with Crippen LogP contribution < -0.4 is 10.1 Å². The Bertz CT molecular complexity index is 981. The second-order valence-corrected chi connectivity index (χ2v) is 7.65. The average molecular weight is 398 g/mol. The Hall–Kier alpha value is -2.53. The van der Waals surface area contributed by atoms with E-state index >= 15 is 0 Å². The van der Waals surface area contributed by atoms with Crippen molar-refractivity contribution in [1.82, 2.24) is 14.9 Å². The second kappa shape index (κ2) is 8.23. The number of aromatic nitrogens is 2. The molecule has 1 aliphatic carbocycles. The molecule has 0 radical (unpaired) electrons. The van der Waals surface area contributed by atoms with Gasteiger partial charge in [0.15, 0.2) is 0 Å². The molecule has 3 aromatic rings. The minimum Gasteiger partial charge on any atom is -0.492 e. The molecule has 0 spiro atoms. The summed E-state index contributed by atoms with van der Waals surface area (Å²) in [6.45, 7) is 3.31. The summed E-state index contributed by atoms with van der Waals surface area (Å²) in [6, 6.07) is 15.4. The number of rotatable bonds is 8. The van der Waals surface area contributed by atoms with Gasteiger partial charge in [-0.05, 0) is 50.5 Å². The lowest BCUT2D eigenvalue weighted by Gasteiger charge is -2.16. The van der Waals surface area contributed by atoms with Crippen LogP contribution in [-0.4, -0.2) is 22.1 Å². The van der Waals surface area contributed by atoms with Gasteiger partial charge in [0.25, 0.3) is 0 Å². The van der Waals surface area contributed by atoms with Gasteiger partial charge in [0.05, 0.1) is 28.7 Å². The van der Waals surface area contributed by atoms with Crippen molar-refractivity contribution < 1.29 is 9.53 Å². The monoisotopic (exact) mass is 397 g/mol. The molecule has 1 fully saturated rings. The molecule has 6 heteroatoms. The van der Waals surface area contributed by atoms with Crippen LogP contribution in [0.15, 0.2) is 48.5 Å². The van der Waals surface area contributed by atoms with Crippen LogP contribution in [0.3, 0.4) is 0 Å². The molecular formula is C22H24ClN3O2. The van der Waals surface area contributed by atoms with Crippen molar-refractivity contribution in [2.45, 2.75) is 38.8 Å². The maximum atomic E-state index is 12.2. The number of nitrogens with zero attached hydrogens (tertiary/aromatic N) is 2. The minimum absolute atomic E-state index is 0.133. The first kappa shape index (κ1) is 18.8. The van der Waals surface area contributed by atoms with E-state index in [0.717, 1.165) is 42.7 Å². The van der Waals surface area contributed by atoms with Gasteiger partial charge < -0.3 is 14.6 Å².